The van der Waals surface area contributed by atoms with E-state index in [4.69, 9.17) is 10.5 Å². The summed E-state index contributed by atoms with van der Waals surface area (Å²) in [6.45, 7) is 1.79. The fourth-order valence-electron chi connectivity index (χ4n) is 1.37. The molecule has 84 valence electrons. The minimum atomic E-state index is -0.744. The molecule has 3 N–H and O–H groups in total. The minimum Gasteiger partial charge on any atom is -0.497 e. The SMILES string of the molecule is CC[C@H](O)[C@H](N)c1cc(OC)ccc1F. The zero-order valence-electron chi connectivity index (χ0n) is 8.90. The van der Waals surface area contributed by atoms with E-state index in [0.717, 1.165) is 0 Å². The van der Waals surface area contributed by atoms with Crippen molar-refractivity contribution < 1.29 is 14.2 Å². The van der Waals surface area contributed by atoms with Gasteiger partial charge in [-0.3, -0.25) is 0 Å². The van der Waals surface area contributed by atoms with Crippen LogP contribution < -0.4 is 10.5 Å². The molecule has 0 spiro atoms. The summed E-state index contributed by atoms with van der Waals surface area (Å²) in [6.07, 6.45) is -0.260. The van der Waals surface area contributed by atoms with Gasteiger partial charge in [-0.2, -0.15) is 0 Å². The van der Waals surface area contributed by atoms with Crippen molar-refractivity contribution in [2.75, 3.05) is 7.11 Å². The van der Waals surface area contributed by atoms with E-state index < -0.39 is 18.0 Å². The molecule has 0 amide bonds. The van der Waals surface area contributed by atoms with E-state index in [9.17, 15) is 9.50 Å². The standard InChI is InChI=1S/C11H16FNO2/c1-3-10(14)11(13)8-6-7(15-2)4-5-9(8)12/h4-6,10-11,14H,3,13H2,1-2H3/t10-,11+/m0/s1. The molecule has 1 aromatic rings. The lowest BCUT2D eigenvalue weighted by Crippen LogP contribution is -2.26. The van der Waals surface area contributed by atoms with Crippen LogP contribution in [0.15, 0.2) is 18.2 Å². The van der Waals surface area contributed by atoms with Crippen molar-refractivity contribution in [3.63, 3.8) is 0 Å². The van der Waals surface area contributed by atoms with Gasteiger partial charge in [0.1, 0.15) is 11.6 Å². The van der Waals surface area contributed by atoms with E-state index in [-0.39, 0.29) is 5.56 Å². The van der Waals surface area contributed by atoms with Crippen molar-refractivity contribution >= 4 is 0 Å². The van der Waals surface area contributed by atoms with Gasteiger partial charge in [0.15, 0.2) is 0 Å². The molecule has 15 heavy (non-hydrogen) atoms. The van der Waals surface area contributed by atoms with Crippen LogP contribution in [0.3, 0.4) is 0 Å². The number of rotatable bonds is 4. The molecule has 0 heterocycles. The Morgan fingerprint density at radius 2 is 2.20 bits per heavy atom. The van der Waals surface area contributed by atoms with Crippen LogP contribution in [0.4, 0.5) is 4.39 Å². The first-order valence-corrected chi connectivity index (χ1v) is 4.87. The average Bonchev–Trinajstić information content (AvgIpc) is 2.27. The lowest BCUT2D eigenvalue weighted by Gasteiger charge is -2.18. The molecule has 1 rings (SSSR count). The summed E-state index contributed by atoms with van der Waals surface area (Å²) in [5.74, 6) is 0.112. The lowest BCUT2D eigenvalue weighted by atomic mass is 10.00. The second-order valence-corrected chi connectivity index (χ2v) is 3.39. The summed E-state index contributed by atoms with van der Waals surface area (Å²) in [6, 6.07) is 3.60. The summed E-state index contributed by atoms with van der Waals surface area (Å²) in [5.41, 5.74) is 6.01. The third-order valence-corrected chi connectivity index (χ3v) is 2.40. The van der Waals surface area contributed by atoms with E-state index in [0.29, 0.717) is 12.2 Å². The van der Waals surface area contributed by atoms with Crippen molar-refractivity contribution in [2.24, 2.45) is 5.73 Å². The molecule has 4 heteroatoms. The van der Waals surface area contributed by atoms with Crippen LogP contribution >= 0.6 is 0 Å². The molecule has 0 aliphatic carbocycles. The smallest absolute Gasteiger partial charge is 0.128 e. The van der Waals surface area contributed by atoms with Gasteiger partial charge in [-0.15, -0.1) is 0 Å². The number of benzene rings is 1. The number of ether oxygens (including phenoxy) is 1. The van der Waals surface area contributed by atoms with E-state index >= 15 is 0 Å². The van der Waals surface area contributed by atoms with E-state index in [1.54, 1.807) is 6.92 Å². The molecule has 0 saturated heterocycles. The number of hydrogen-bond donors (Lipinski definition) is 2. The molecule has 0 aliphatic rings. The first-order valence-electron chi connectivity index (χ1n) is 4.87. The molecular weight excluding hydrogens is 197 g/mol. The Bertz CT molecular complexity index is 330. The van der Waals surface area contributed by atoms with Crippen molar-refractivity contribution in [3.05, 3.63) is 29.6 Å². The van der Waals surface area contributed by atoms with Crippen LogP contribution in [0.5, 0.6) is 5.75 Å². The first-order chi connectivity index (χ1) is 7.10. The summed E-state index contributed by atoms with van der Waals surface area (Å²) in [5, 5.41) is 9.54. The van der Waals surface area contributed by atoms with Gasteiger partial charge in [0.2, 0.25) is 0 Å². The lowest BCUT2D eigenvalue weighted by molar-refractivity contribution is 0.139. The average molecular weight is 213 g/mol. The normalized spacial score (nSPS) is 14.7. The Kier molecular flexibility index (Phi) is 4.05. The molecule has 0 fully saturated rings. The second-order valence-electron chi connectivity index (χ2n) is 3.39. The van der Waals surface area contributed by atoms with Crippen LogP contribution in [-0.2, 0) is 0 Å². The maximum atomic E-state index is 13.4. The van der Waals surface area contributed by atoms with Gasteiger partial charge >= 0.3 is 0 Å². The van der Waals surface area contributed by atoms with Crippen LogP contribution in [0.25, 0.3) is 0 Å². The third-order valence-electron chi connectivity index (χ3n) is 2.40. The molecule has 2 atom stereocenters. The Labute approximate surface area is 88.7 Å². The molecule has 0 aliphatic heterocycles. The summed E-state index contributed by atoms with van der Waals surface area (Å²) < 4.78 is 18.4. The largest absolute Gasteiger partial charge is 0.497 e. The van der Waals surface area contributed by atoms with Crippen LogP contribution in [0.1, 0.15) is 24.9 Å². The minimum absolute atomic E-state index is 0.281. The summed E-state index contributed by atoms with van der Waals surface area (Å²) in [7, 11) is 1.50. The fraction of sp³-hybridized carbons (Fsp3) is 0.455. The van der Waals surface area contributed by atoms with Gasteiger partial charge in [-0.05, 0) is 24.6 Å². The molecule has 0 saturated carbocycles. The molecule has 1 aromatic carbocycles. The molecular formula is C11H16FNO2. The second kappa shape index (κ2) is 5.09. The van der Waals surface area contributed by atoms with Crippen molar-refractivity contribution in [2.45, 2.75) is 25.5 Å². The number of halogens is 1. The fourth-order valence-corrected chi connectivity index (χ4v) is 1.37. The van der Waals surface area contributed by atoms with Gasteiger partial charge in [0, 0.05) is 5.56 Å². The number of nitrogens with two attached hydrogens (primary N) is 1. The van der Waals surface area contributed by atoms with Crippen LogP contribution in [-0.4, -0.2) is 18.3 Å². The molecule has 0 bridgehead atoms. The van der Waals surface area contributed by atoms with E-state index in [1.165, 1.54) is 25.3 Å². The highest BCUT2D eigenvalue weighted by atomic mass is 19.1. The maximum Gasteiger partial charge on any atom is 0.128 e. The molecule has 0 unspecified atom stereocenters. The van der Waals surface area contributed by atoms with Gasteiger partial charge in [0.05, 0.1) is 19.3 Å². The number of hydrogen-bond acceptors (Lipinski definition) is 3. The quantitative estimate of drug-likeness (QED) is 0.798. The summed E-state index contributed by atoms with van der Waals surface area (Å²) in [4.78, 5) is 0. The van der Waals surface area contributed by atoms with Crippen LogP contribution in [0, 0.1) is 5.82 Å². The molecule has 0 aromatic heterocycles. The number of aliphatic hydroxyl groups is 1. The Balaban J connectivity index is 3.01. The third kappa shape index (κ3) is 2.67. The predicted molar refractivity (Wildman–Crippen MR) is 56.2 cm³/mol. The Hall–Kier alpha value is -1.13. The molecule has 3 nitrogen and oxygen atoms in total. The topological polar surface area (TPSA) is 55.5 Å². The first kappa shape index (κ1) is 11.9. The maximum absolute atomic E-state index is 13.4. The number of aliphatic hydroxyl groups excluding tert-OH is 1. The van der Waals surface area contributed by atoms with Gasteiger partial charge < -0.3 is 15.6 Å². The van der Waals surface area contributed by atoms with Crippen molar-refractivity contribution in [1.29, 1.82) is 0 Å². The molecule has 0 radical (unpaired) electrons. The highest BCUT2D eigenvalue weighted by Crippen LogP contribution is 2.24. The van der Waals surface area contributed by atoms with Crippen molar-refractivity contribution in [1.82, 2.24) is 0 Å². The zero-order valence-corrected chi connectivity index (χ0v) is 8.90. The summed E-state index contributed by atoms with van der Waals surface area (Å²) >= 11 is 0. The van der Waals surface area contributed by atoms with Gasteiger partial charge in [0.25, 0.3) is 0 Å². The Morgan fingerprint density at radius 1 is 1.53 bits per heavy atom. The van der Waals surface area contributed by atoms with Crippen LogP contribution in [0.2, 0.25) is 0 Å². The van der Waals surface area contributed by atoms with Crippen molar-refractivity contribution in [3.8, 4) is 5.75 Å². The zero-order chi connectivity index (χ0) is 11.4. The number of methoxy groups -OCH3 is 1. The van der Waals surface area contributed by atoms with Gasteiger partial charge in [-0.25, -0.2) is 4.39 Å². The van der Waals surface area contributed by atoms with E-state index in [2.05, 4.69) is 0 Å². The predicted octanol–water partition coefficient (Wildman–Crippen LogP) is 1.61. The highest BCUT2D eigenvalue weighted by molar-refractivity contribution is 5.32. The highest BCUT2D eigenvalue weighted by Gasteiger charge is 2.19. The Morgan fingerprint density at radius 3 is 2.73 bits per heavy atom. The van der Waals surface area contributed by atoms with E-state index in [1.807, 2.05) is 0 Å². The van der Waals surface area contributed by atoms with Gasteiger partial charge in [-0.1, -0.05) is 6.92 Å². The monoisotopic (exact) mass is 213 g/mol.